The van der Waals surface area contributed by atoms with Gasteiger partial charge < -0.3 is 10.2 Å². The van der Waals surface area contributed by atoms with Gasteiger partial charge >= 0.3 is 0 Å². The Morgan fingerprint density at radius 3 is 2.55 bits per heavy atom. The van der Waals surface area contributed by atoms with Gasteiger partial charge in [-0.05, 0) is 32.0 Å². The molecule has 1 aromatic carbocycles. The van der Waals surface area contributed by atoms with Gasteiger partial charge in [0, 0.05) is 30.7 Å². The van der Waals surface area contributed by atoms with Gasteiger partial charge in [-0.3, -0.25) is 9.78 Å². The Kier molecular flexibility index (Phi) is 7.07. The Morgan fingerprint density at radius 2 is 1.86 bits per heavy atom. The first kappa shape index (κ1) is 18.7. The van der Waals surface area contributed by atoms with Crippen LogP contribution in [-0.2, 0) is 0 Å². The van der Waals surface area contributed by atoms with Crippen molar-refractivity contribution in [3.8, 4) is 0 Å². The summed E-state index contributed by atoms with van der Waals surface area (Å²) in [5.74, 6) is 0.101. The fourth-order valence-electron chi connectivity index (χ4n) is 2.82. The Hall–Kier alpha value is -1.36. The van der Waals surface area contributed by atoms with Gasteiger partial charge in [-0.1, -0.05) is 18.2 Å². The number of carbonyl (C=O) groups is 1. The first-order valence-corrected chi connectivity index (χ1v) is 7.10. The van der Waals surface area contributed by atoms with Crippen LogP contribution in [-0.4, -0.2) is 42.0 Å². The molecule has 2 heterocycles. The Balaban J connectivity index is 0.00000121. The number of piperidine rings is 1. The molecule has 0 aliphatic carbocycles. The summed E-state index contributed by atoms with van der Waals surface area (Å²) in [7, 11) is 1.98. The summed E-state index contributed by atoms with van der Waals surface area (Å²) < 4.78 is 0. The molecule has 0 radical (unpaired) electrons. The second kappa shape index (κ2) is 8.32. The van der Waals surface area contributed by atoms with Crippen molar-refractivity contribution in [3.05, 3.63) is 42.1 Å². The van der Waals surface area contributed by atoms with Crippen LogP contribution in [0.1, 0.15) is 23.2 Å². The van der Waals surface area contributed by atoms with Gasteiger partial charge in [-0.15, -0.1) is 24.8 Å². The molecule has 0 spiro atoms. The van der Waals surface area contributed by atoms with Gasteiger partial charge in [0.2, 0.25) is 0 Å². The zero-order valence-electron chi connectivity index (χ0n) is 12.5. The van der Waals surface area contributed by atoms with E-state index in [2.05, 4.69) is 10.3 Å². The summed E-state index contributed by atoms with van der Waals surface area (Å²) in [6.07, 6.45) is 3.77. The number of amides is 1. The van der Waals surface area contributed by atoms with Gasteiger partial charge in [0.05, 0.1) is 11.1 Å². The molecule has 120 valence electrons. The summed E-state index contributed by atoms with van der Waals surface area (Å²) in [4.78, 5) is 19.0. The molecule has 6 heteroatoms. The van der Waals surface area contributed by atoms with Crippen LogP contribution in [0.5, 0.6) is 0 Å². The molecule has 1 saturated heterocycles. The summed E-state index contributed by atoms with van der Waals surface area (Å²) >= 11 is 0. The number of benzene rings is 1. The van der Waals surface area contributed by atoms with E-state index in [4.69, 9.17) is 0 Å². The molecule has 1 fully saturated rings. The molecule has 1 aliphatic rings. The zero-order valence-corrected chi connectivity index (χ0v) is 14.1. The Morgan fingerprint density at radius 1 is 1.18 bits per heavy atom. The minimum Gasteiger partial charge on any atom is -0.338 e. The minimum atomic E-state index is 0. The summed E-state index contributed by atoms with van der Waals surface area (Å²) in [6, 6.07) is 10.2. The number of halogens is 2. The van der Waals surface area contributed by atoms with Gasteiger partial charge in [-0.25, -0.2) is 0 Å². The van der Waals surface area contributed by atoms with E-state index in [1.165, 1.54) is 0 Å². The smallest absolute Gasteiger partial charge is 0.256 e. The average Bonchev–Trinajstić information content (AvgIpc) is 2.54. The number of para-hydroxylation sites is 1. The summed E-state index contributed by atoms with van der Waals surface area (Å²) in [5.41, 5.74) is 1.52. The monoisotopic (exact) mass is 341 g/mol. The highest BCUT2D eigenvalue weighted by molar-refractivity contribution is 6.05. The third kappa shape index (κ3) is 3.69. The van der Waals surface area contributed by atoms with Gasteiger partial charge in [-0.2, -0.15) is 0 Å². The van der Waals surface area contributed by atoms with E-state index in [9.17, 15) is 4.79 Å². The molecule has 22 heavy (non-hydrogen) atoms. The van der Waals surface area contributed by atoms with Crippen LogP contribution >= 0.6 is 24.8 Å². The number of likely N-dealkylation sites (tertiary alicyclic amines) is 1. The first-order chi connectivity index (χ1) is 9.79. The number of rotatable bonds is 2. The SMILES string of the molecule is CNC1CCN(C(=O)c2cccc3cccnc23)CC1.Cl.Cl. The lowest BCUT2D eigenvalue weighted by Crippen LogP contribution is -2.44. The molecule has 0 saturated carbocycles. The first-order valence-electron chi connectivity index (χ1n) is 7.10. The predicted octanol–water partition coefficient (Wildman–Crippen LogP) is 2.90. The highest BCUT2D eigenvalue weighted by Gasteiger charge is 2.23. The molecule has 0 unspecified atom stereocenters. The fraction of sp³-hybridized carbons (Fsp3) is 0.375. The van der Waals surface area contributed by atoms with Crippen LogP contribution in [0.2, 0.25) is 0 Å². The Bertz CT molecular complexity index is 622. The van der Waals surface area contributed by atoms with Crippen molar-refractivity contribution in [3.63, 3.8) is 0 Å². The maximum Gasteiger partial charge on any atom is 0.256 e. The summed E-state index contributed by atoms with van der Waals surface area (Å²) in [5, 5.41) is 4.30. The van der Waals surface area contributed by atoms with E-state index < -0.39 is 0 Å². The number of fused-ring (bicyclic) bond motifs is 1. The lowest BCUT2D eigenvalue weighted by atomic mass is 10.0. The third-order valence-electron chi connectivity index (χ3n) is 4.05. The van der Waals surface area contributed by atoms with Crippen molar-refractivity contribution < 1.29 is 4.79 Å². The van der Waals surface area contributed by atoms with Crippen molar-refractivity contribution in [2.24, 2.45) is 0 Å². The maximum absolute atomic E-state index is 12.7. The number of pyridine rings is 1. The molecule has 4 nitrogen and oxygen atoms in total. The molecule has 1 aromatic heterocycles. The number of nitrogens with one attached hydrogen (secondary N) is 1. The van der Waals surface area contributed by atoms with Gasteiger partial charge in [0.15, 0.2) is 0 Å². The van der Waals surface area contributed by atoms with Crippen LogP contribution in [0.15, 0.2) is 36.5 Å². The van der Waals surface area contributed by atoms with E-state index in [1.54, 1.807) is 6.20 Å². The molecule has 0 bridgehead atoms. The third-order valence-corrected chi connectivity index (χ3v) is 4.05. The van der Waals surface area contributed by atoms with Crippen molar-refractivity contribution in [1.82, 2.24) is 15.2 Å². The van der Waals surface area contributed by atoms with E-state index in [-0.39, 0.29) is 30.7 Å². The van der Waals surface area contributed by atoms with Crippen molar-refractivity contribution in [2.75, 3.05) is 20.1 Å². The molecule has 1 N–H and O–H groups in total. The molecule has 1 aliphatic heterocycles. The number of aromatic nitrogens is 1. The van der Waals surface area contributed by atoms with Crippen molar-refractivity contribution in [2.45, 2.75) is 18.9 Å². The highest BCUT2D eigenvalue weighted by Crippen LogP contribution is 2.20. The number of carbonyl (C=O) groups excluding carboxylic acids is 1. The standard InChI is InChI=1S/C16H19N3O.2ClH/c1-17-13-7-10-19(11-8-13)16(20)14-6-2-4-12-5-3-9-18-15(12)14;;/h2-6,9,13,17H,7-8,10-11H2,1H3;2*1H. The summed E-state index contributed by atoms with van der Waals surface area (Å²) in [6.45, 7) is 1.63. The van der Waals surface area contributed by atoms with Crippen LogP contribution in [0.4, 0.5) is 0 Å². The average molecular weight is 342 g/mol. The van der Waals surface area contributed by atoms with E-state index >= 15 is 0 Å². The van der Waals surface area contributed by atoms with Crippen LogP contribution < -0.4 is 5.32 Å². The fourth-order valence-corrected chi connectivity index (χ4v) is 2.82. The largest absolute Gasteiger partial charge is 0.338 e. The molecule has 2 aromatic rings. The van der Waals surface area contributed by atoms with Gasteiger partial charge in [0.1, 0.15) is 0 Å². The maximum atomic E-state index is 12.7. The van der Waals surface area contributed by atoms with Gasteiger partial charge in [0.25, 0.3) is 5.91 Å². The van der Waals surface area contributed by atoms with E-state index in [0.29, 0.717) is 11.6 Å². The van der Waals surface area contributed by atoms with E-state index in [0.717, 1.165) is 36.8 Å². The van der Waals surface area contributed by atoms with Crippen LogP contribution in [0.3, 0.4) is 0 Å². The van der Waals surface area contributed by atoms with Crippen molar-refractivity contribution in [1.29, 1.82) is 0 Å². The van der Waals surface area contributed by atoms with Crippen LogP contribution in [0.25, 0.3) is 10.9 Å². The lowest BCUT2D eigenvalue weighted by Gasteiger charge is -2.32. The second-order valence-corrected chi connectivity index (χ2v) is 5.24. The normalized spacial score (nSPS) is 15.0. The lowest BCUT2D eigenvalue weighted by molar-refractivity contribution is 0.0709. The molecule has 0 atom stereocenters. The molecule has 1 amide bonds. The zero-order chi connectivity index (χ0) is 13.9. The Labute approximate surface area is 143 Å². The predicted molar refractivity (Wildman–Crippen MR) is 94.2 cm³/mol. The topological polar surface area (TPSA) is 45.2 Å². The molecular weight excluding hydrogens is 321 g/mol. The minimum absolute atomic E-state index is 0. The second-order valence-electron chi connectivity index (χ2n) is 5.24. The van der Waals surface area contributed by atoms with Crippen LogP contribution in [0, 0.1) is 0 Å². The van der Waals surface area contributed by atoms with Crippen molar-refractivity contribution >= 4 is 41.6 Å². The number of nitrogens with zero attached hydrogens (tertiary/aromatic N) is 2. The quantitative estimate of drug-likeness (QED) is 0.913. The molecular formula is C16H21Cl2N3O. The number of hydrogen-bond acceptors (Lipinski definition) is 3. The number of hydrogen-bond donors (Lipinski definition) is 1. The van der Waals surface area contributed by atoms with E-state index in [1.807, 2.05) is 42.3 Å². The highest BCUT2D eigenvalue weighted by atomic mass is 35.5. The molecule has 3 rings (SSSR count).